The second-order valence-electron chi connectivity index (χ2n) is 2.68. The highest BCUT2D eigenvalue weighted by Gasteiger charge is 2.05. The maximum Gasteiger partial charge on any atom is 0.293 e. The van der Waals surface area contributed by atoms with E-state index in [0.29, 0.717) is 11.8 Å². The summed E-state index contributed by atoms with van der Waals surface area (Å²) in [4.78, 5) is 4.26. The molecule has 72 valence electrons. The molecular weight excluding hydrogens is 196 g/mol. The Hall–Kier alpha value is -1.42. The predicted molar refractivity (Wildman–Crippen MR) is 56.5 cm³/mol. The van der Waals surface area contributed by atoms with Crippen molar-refractivity contribution >= 4 is 11.5 Å². The van der Waals surface area contributed by atoms with Crippen LogP contribution in [0.2, 0.25) is 0 Å². The number of aromatic nitrogens is 2. The molecule has 2 rings (SSSR count). The molecule has 4 heteroatoms. The van der Waals surface area contributed by atoms with Crippen LogP contribution in [0.25, 0.3) is 11.4 Å². The maximum atomic E-state index is 5.25. The lowest BCUT2D eigenvalue weighted by Gasteiger charge is -1.93. The summed E-state index contributed by atoms with van der Waals surface area (Å²) in [6.07, 6.45) is 0. The van der Waals surface area contributed by atoms with Crippen LogP contribution in [0, 0.1) is 0 Å². The monoisotopic (exact) mass is 206 g/mol. The van der Waals surface area contributed by atoms with Crippen molar-refractivity contribution in [2.45, 2.75) is 6.92 Å². The van der Waals surface area contributed by atoms with Crippen LogP contribution in [0.3, 0.4) is 0 Å². The second kappa shape index (κ2) is 4.19. The molecule has 14 heavy (non-hydrogen) atoms. The molecule has 0 aliphatic heterocycles. The van der Waals surface area contributed by atoms with Gasteiger partial charge in [-0.25, -0.2) is 0 Å². The van der Waals surface area contributed by atoms with Gasteiger partial charge in [-0.15, -0.1) is 0 Å². The summed E-state index contributed by atoms with van der Waals surface area (Å²) in [6.45, 7) is 2.56. The van der Waals surface area contributed by atoms with Gasteiger partial charge in [-0.2, -0.15) is 9.36 Å². The van der Waals surface area contributed by atoms with E-state index in [2.05, 4.69) is 9.36 Å². The van der Waals surface area contributed by atoms with Gasteiger partial charge in [0.2, 0.25) is 0 Å². The first-order chi connectivity index (χ1) is 6.90. The predicted octanol–water partition coefficient (Wildman–Crippen LogP) is 2.60. The molecule has 0 saturated heterocycles. The van der Waals surface area contributed by atoms with E-state index < -0.39 is 0 Å². The Morgan fingerprint density at radius 1 is 1.29 bits per heavy atom. The smallest absolute Gasteiger partial charge is 0.293 e. The Labute approximate surface area is 86.6 Å². The van der Waals surface area contributed by atoms with Gasteiger partial charge in [-0.05, 0) is 6.92 Å². The SMILES string of the molecule is CCOc1nc(-c2ccccc2)ns1. The minimum atomic E-state index is 0.628. The van der Waals surface area contributed by atoms with Crippen LogP contribution in [-0.4, -0.2) is 16.0 Å². The lowest BCUT2D eigenvalue weighted by molar-refractivity contribution is 0.338. The largest absolute Gasteiger partial charge is 0.469 e. The Kier molecular flexibility index (Phi) is 2.74. The molecule has 0 radical (unpaired) electrons. The summed E-state index contributed by atoms with van der Waals surface area (Å²) in [5.41, 5.74) is 1.02. The van der Waals surface area contributed by atoms with Crippen molar-refractivity contribution < 1.29 is 4.74 Å². The fourth-order valence-electron chi connectivity index (χ4n) is 1.10. The zero-order valence-electron chi connectivity index (χ0n) is 7.80. The summed E-state index contributed by atoms with van der Waals surface area (Å²) in [5, 5.41) is 0.631. The van der Waals surface area contributed by atoms with Gasteiger partial charge >= 0.3 is 0 Å². The minimum absolute atomic E-state index is 0.628. The lowest BCUT2D eigenvalue weighted by Crippen LogP contribution is -1.89. The van der Waals surface area contributed by atoms with Gasteiger partial charge in [-0.3, -0.25) is 0 Å². The van der Waals surface area contributed by atoms with E-state index in [1.54, 1.807) is 0 Å². The number of nitrogens with zero attached hydrogens (tertiary/aromatic N) is 2. The fraction of sp³-hybridized carbons (Fsp3) is 0.200. The molecule has 1 heterocycles. The second-order valence-corrected chi connectivity index (χ2v) is 3.40. The van der Waals surface area contributed by atoms with Gasteiger partial charge in [0.15, 0.2) is 5.82 Å². The Morgan fingerprint density at radius 3 is 2.79 bits per heavy atom. The molecule has 0 bridgehead atoms. The zero-order chi connectivity index (χ0) is 9.80. The standard InChI is InChI=1S/C10H10N2OS/c1-2-13-10-11-9(12-14-10)8-6-4-3-5-7-8/h3-7H,2H2,1H3. The highest BCUT2D eigenvalue weighted by Crippen LogP contribution is 2.21. The van der Waals surface area contributed by atoms with E-state index in [9.17, 15) is 0 Å². The van der Waals surface area contributed by atoms with Crippen molar-refractivity contribution in [2.24, 2.45) is 0 Å². The molecule has 0 aliphatic carbocycles. The van der Waals surface area contributed by atoms with Crippen molar-refractivity contribution in [3.8, 4) is 16.6 Å². The van der Waals surface area contributed by atoms with Crippen molar-refractivity contribution in [3.05, 3.63) is 30.3 Å². The van der Waals surface area contributed by atoms with Gasteiger partial charge in [0.1, 0.15) is 0 Å². The number of hydrogen-bond donors (Lipinski definition) is 0. The minimum Gasteiger partial charge on any atom is -0.469 e. The van der Waals surface area contributed by atoms with Crippen molar-refractivity contribution in [1.82, 2.24) is 9.36 Å². The number of rotatable bonds is 3. The molecule has 1 aromatic heterocycles. The van der Waals surface area contributed by atoms with Crippen LogP contribution >= 0.6 is 11.5 Å². The molecule has 0 fully saturated rings. The van der Waals surface area contributed by atoms with Gasteiger partial charge in [-0.1, -0.05) is 30.3 Å². The molecule has 0 N–H and O–H groups in total. The summed E-state index contributed by atoms with van der Waals surface area (Å²) in [6, 6.07) is 9.88. The number of benzene rings is 1. The topological polar surface area (TPSA) is 35.0 Å². The molecule has 0 atom stereocenters. The van der Waals surface area contributed by atoms with E-state index in [4.69, 9.17) is 4.74 Å². The number of hydrogen-bond acceptors (Lipinski definition) is 4. The molecule has 0 spiro atoms. The summed E-state index contributed by atoms with van der Waals surface area (Å²) < 4.78 is 9.46. The highest BCUT2D eigenvalue weighted by molar-refractivity contribution is 7.07. The van der Waals surface area contributed by atoms with Crippen molar-refractivity contribution in [2.75, 3.05) is 6.61 Å². The third kappa shape index (κ3) is 1.90. The normalized spacial score (nSPS) is 10.1. The molecule has 3 nitrogen and oxygen atoms in total. The van der Waals surface area contributed by atoms with Gasteiger partial charge in [0.05, 0.1) is 6.61 Å². The zero-order valence-corrected chi connectivity index (χ0v) is 8.62. The Bertz CT molecular complexity index is 400. The van der Waals surface area contributed by atoms with E-state index in [1.807, 2.05) is 37.3 Å². The van der Waals surface area contributed by atoms with Crippen LogP contribution in [0.4, 0.5) is 0 Å². The molecule has 1 aromatic carbocycles. The third-order valence-corrected chi connectivity index (χ3v) is 2.34. The summed E-state index contributed by atoms with van der Waals surface area (Å²) in [7, 11) is 0. The molecule has 2 aromatic rings. The Morgan fingerprint density at radius 2 is 2.07 bits per heavy atom. The van der Waals surface area contributed by atoms with Crippen LogP contribution in [0.15, 0.2) is 30.3 Å². The fourth-order valence-corrected chi connectivity index (χ4v) is 1.70. The first-order valence-corrected chi connectivity index (χ1v) is 5.19. The average Bonchev–Trinajstić information content (AvgIpc) is 2.68. The van der Waals surface area contributed by atoms with E-state index in [-0.39, 0.29) is 0 Å². The molecule has 0 unspecified atom stereocenters. The third-order valence-electron chi connectivity index (χ3n) is 1.71. The summed E-state index contributed by atoms with van der Waals surface area (Å²) >= 11 is 1.29. The first kappa shape index (κ1) is 9.15. The van der Waals surface area contributed by atoms with Gasteiger partial charge in [0.25, 0.3) is 5.19 Å². The maximum absolute atomic E-state index is 5.25. The lowest BCUT2D eigenvalue weighted by atomic mass is 10.2. The quantitative estimate of drug-likeness (QED) is 0.774. The molecule has 0 aliphatic rings. The van der Waals surface area contributed by atoms with Gasteiger partial charge in [0, 0.05) is 17.1 Å². The molecule has 0 amide bonds. The van der Waals surface area contributed by atoms with Crippen LogP contribution in [0.1, 0.15) is 6.92 Å². The van der Waals surface area contributed by atoms with Crippen LogP contribution < -0.4 is 4.74 Å². The highest BCUT2D eigenvalue weighted by atomic mass is 32.1. The first-order valence-electron chi connectivity index (χ1n) is 4.42. The van der Waals surface area contributed by atoms with Crippen LogP contribution in [-0.2, 0) is 0 Å². The van der Waals surface area contributed by atoms with Crippen LogP contribution in [0.5, 0.6) is 5.19 Å². The van der Waals surface area contributed by atoms with E-state index in [1.165, 1.54) is 11.5 Å². The average molecular weight is 206 g/mol. The molecular formula is C10H10N2OS. The number of ether oxygens (including phenoxy) is 1. The van der Waals surface area contributed by atoms with Crippen molar-refractivity contribution in [3.63, 3.8) is 0 Å². The molecule has 0 saturated carbocycles. The van der Waals surface area contributed by atoms with Gasteiger partial charge < -0.3 is 4.74 Å². The van der Waals surface area contributed by atoms with Crippen molar-refractivity contribution in [1.29, 1.82) is 0 Å². The Balaban J connectivity index is 2.25. The van der Waals surface area contributed by atoms with E-state index >= 15 is 0 Å². The van der Waals surface area contributed by atoms with E-state index in [0.717, 1.165) is 11.4 Å². The summed E-state index contributed by atoms with van der Waals surface area (Å²) in [5.74, 6) is 0.735.